The molecule has 1 saturated carbocycles. The number of halogens is 1. The summed E-state index contributed by atoms with van der Waals surface area (Å²) in [7, 11) is 0. The number of nitrogens with two attached hydrogens (primary N) is 1. The number of aromatic nitrogens is 2. The van der Waals surface area contributed by atoms with Crippen LogP contribution in [0.5, 0.6) is 0 Å². The zero-order chi connectivity index (χ0) is 12.4. The van der Waals surface area contributed by atoms with Crippen molar-refractivity contribution in [2.24, 2.45) is 11.7 Å². The predicted octanol–water partition coefficient (Wildman–Crippen LogP) is 2.81. The van der Waals surface area contributed by atoms with Crippen LogP contribution in [0.25, 0.3) is 11.6 Å². The molecule has 0 spiro atoms. The molecule has 0 radical (unpaired) electrons. The van der Waals surface area contributed by atoms with E-state index in [-0.39, 0.29) is 18.4 Å². The van der Waals surface area contributed by atoms with Crippen molar-refractivity contribution < 1.29 is 8.94 Å². The molecule has 1 fully saturated rings. The average Bonchev–Trinajstić information content (AvgIpc) is 3.02. The third kappa shape index (κ3) is 3.16. The minimum atomic E-state index is 0. The first-order valence-corrected chi connectivity index (χ1v) is 6.45. The summed E-state index contributed by atoms with van der Waals surface area (Å²) in [5.41, 5.74) is 6.12. The fraction of sp³-hybridized carbons (Fsp3) is 0.538. The summed E-state index contributed by atoms with van der Waals surface area (Å²) in [5.74, 6) is 2.27. The number of furan rings is 1. The van der Waals surface area contributed by atoms with Gasteiger partial charge in [-0.3, -0.25) is 0 Å². The van der Waals surface area contributed by atoms with Crippen LogP contribution in [0.3, 0.4) is 0 Å². The second-order valence-corrected chi connectivity index (χ2v) is 4.90. The second kappa shape index (κ2) is 6.21. The lowest BCUT2D eigenvalue weighted by Gasteiger charge is -2.27. The highest BCUT2D eigenvalue weighted by Crippen LogP contribution is 2.26. The Hall–Kier alpha value is -1.33. The molecule has 1 aliphatic rings. The standard InChI is InChI=1S/C13H17N3O2.ClH/c14-10-5-2-1-4-9(10)8-12-15-13(16-18-12)11-6-3-7-17-11;/h3,6-7,9-10H,1-2,4-5,8,14H2;1H. The van der Waals surface area contributed by atoms with Crippen LogP contribution in [0.2, 0.25) is 0 Å². The molecule has 0 amide bonds. The van der Waals surface area contributed by atoms with Crippen LogP contribution in [0, 0.1) is 5.92 Å². The lowest BCUT2D eigenvalue weighted by molar-refractivity contribution is 0.273. The van der Waals surface area contributed by atoms with Crippen LogP contribution in [0.1, 0.15) is 31.6 Å². The average molecular weight is 284 g/mol. The molecule has 104 valence electrons. The molecular weight excluding hydrogens is 266 g/mol. The molecule has 3 rings (SSSR count). The number of hydrogen-bond donors (Lipinski definition) is 1. The first-order valence-electron chi connectivity index (χ1n) is 6.45. The van der Waals surface area contributed by atoms with Gasteiger partial charge in [0.05, 0.1) is 6.26 Å². The maximum Gasteiger partial charge on any atom is 0.238 e. The van der Waals surface area contributed by atoms with Crippen LogP contribution < -0.4 is 5.73 Å². The van der Waals surface area contributed by atoms with Gasteiger partial charge >= 0.3 is 0 Å². The Morgan fingerprint density at radius 2 is 2.16 bits per heavy atom. The monoisotopic (exact) mass is 283 g/mol. The Morgan fingerprint density at radius 3 is 2.89 bits per heavy atom. The van der Waals surface area contributed by atoms with Crippen molar-refractivity contribution in [1.29, 1.82) is 0 Å². The summed E-state index contributed by atoms with van der Waals surface area (Å²) in [6, 6.07) is 3.89. The van der Waals surface area contributed by atoms with E-state index in [1.807, 2.05) is 12.1 Å². The van der Waals surface area contributed by atoms with E-state index < -0.39 is 0 Å². The fourth-order valence-corrected chi connectivity index (χ4v) is 2.56. The highest BCUT2D eigenvalue weighted by Gasteiger charge is 2.24. The molecule has 0 aromatic carbocycles. The van der Waals surface area contributed by atoms with Gasteiger partial charge in [0.2, 0.25) is 11.7 Å². The van der Waals surface area contributed by atoms with Crippen molar-refractivity contribution in [2.45, 2.75) is 38.1 Å². The first kappa shape index (κ1) is 14.1. The lowest BCUT2D eigenvalue weighted by atomic mass is 9.83. The van der Waals surface area contributed by atoms with E-state index in [1.54, 1.807) is 6.26 Å². The summed E-state index contributed by atoms with van der Waals surface area (Å²) in [6.07, 6.45) is 7.11. The van der Waals surface area contributed by atoms with Crippen molar-refractivity contribution in [3.05, 3.63) is 24.3 Å². The summed E-state index contributed by atoms with van der Waals surface area (Å²) < 4.78 is 10.5. The number of rotatable bonds is 3. The molecule has 6 heteroatoms. The molecule has 19 heavy (non-hydrogen) atoms. The normalized spacial score (nSPS) is 23.0. The van der Waals surface area contributed by atoms with Gasteiger partial charge in [-0.15, -0.1) is 12.4 Å². The van der Waals surface area contributed by atoms with Crippen LogP contribution in [0.4, 0.5) is 0 Å². The SMILES string of the molecule is Cl.NC1CCCCC1Cc1nc(-c2ccco2)no1. The predicted molar refractivity (Wildman–Crippen MR) is 72.9 cm³/mol. The quantitative estimate of drug-likeness (QED) is 0.937. The Balaban J connectivity index is 0.00000133. The Bertz CT molecular complexity index is 498. The third-order valence-corrected chi connectivity index (χ3v) is 3.61. The molecule has 0 saturated heterocycles. The highest BCUT2D eigenvalue weighted by molar-refractivity contribution is 5.85. The van der Waals surface area contributed by atoms with Crippen molar-refractivity contribution in [3.63, 3.8) is 0 Å². The van der Waals surface area contributed by atoms with Crippen molar-refractivity contribution in [2.75, 3.05) is 0 Å². The molecule has 1 aliphatic carbocycles. The van der Waals surface area contributed by atoms with E-state index >= 15 is 0 Å². The topological polar surface area (TPSA) is 78.1 Å². The molecule has 0 bridgehead atoms. The van der Waals surface area contributed by atoms with E-state index in [0.29, 0.717) is 23.4 Å². The molecule has 2 heterocycles. The molecule has 2 aromatic rings. The van der Waals surface area contributed by atoms with Crippen LogP contribution >= 0.6 is 12.4 Å². The highest BCUT2D eigenvalue weighted by atomic mass is 35.5. The molecule has 5 nitrogen and oxygen atoms in total. The van der Waals surface area contributed by atoms with E-state index in [1.165, 1.54) is 12.8 Å². The van der Waals surface area contributed by atoms with Crippen molar-refractivity contribution in [3.8, 4) is 11.6 Å². The maximum absolute atomic E-state index is 6.12. The third-order valence-electron chi connectivity index (χ3n) is 3.61. The fourth-order valence-electron chi connectivity index (χ4n) is 2.56. The largest absolute Gasteiger partial charge is 0.461 e. The second-order valence-electron chi connectivity index (χ2n) is 4.90. The first-order chi connectivity index (χ1) is 8.83. The van der Waals surface area contributed by atoms with Gasteiger partial charge in [-0.1, -0.05) is 18.0 Å². The Labute approximate surface area is 118 Å². The molecular formula is C13H18ClN3O2. The Morgan fingerprint density at radius 1 is 1.32 bits per heavy atom. The zero-order valence-corrected chi connectivity index (χ0v) is 11.4. The number of hydrogen-bond acceptors (Lipinski definition) is 5. The zero-order valence-electron chi connectivity index (χ0n) is 10.6. The van der Waals surface area contributed by atoms with Gasteiger partial charge < -0.3 is 14.7 Å². The molecule has 2 atom stereocenters. The summed E-state index contributed by atoms with van der Waals surface area (Å²) >= 11 is 0. The van der Waals surface area contributed by atoms with Crippen LogP contribution in [0.15, 0.2) is 27.3 Å². The van der Waals surface area contributed by atoms with E-state index in [4.69, 9.17) is 14.7 Å². The van der Waals surface area contributed by atoms with Gasteiger partial charge in [0.1, 0.15) is 0 Å². The Kier molecular flexibility index (Phi) is 4.61. The minimum Gasteiger partial charge on any atom is -0.461 e. The van der Waals surface area contributed by atoms with Crippen LogP contribution in [-0.4, -0.2) is 16.2 Å². The molecule has 2 N–H and O–H groups in total. The van der Waals surface area contributed by atoms with Gasteiger partial charge in [-0.2, -0.15) is 4.98 Å². The summed E-state index contributed by atoms with van der Waals surface area (Å²) in [4.78, 5) is 4.35. The smallest absolute Gasteiger partial charge is 0.238 e. The number of nitrogens with zero attached hydrogens (tertiary/aromatic N) is 2. The van der Waals surface area contributed by atoms with E-state index in [9.17, 15) is 0 Å². The molecule has 0 aliphatic heterocycles. The van der Waals surface area contributed by atoms with Gasteiger partial charge in [0.15, 0.2) is 5.76 Å². The minimum absolute atomic E-state index is 0. The van der Waals surface area contributed by atoms with Crippen LogP contribution in [-0.2, 0) is 6.42 Å². The van der Waals surface area contributed by atoms with Gasteiger partial charge in [-0.25, -0.2) is 0 Å². The summed E-state index contributed by atoms with van der Waals surface area (Å²) in [6.45, 7) is 0. The lowest BCUT2D eigenvalue weighted by Crippen LogP contribution is -2.34. The van der Waals surface area contributed by atoms with Crippen molar-refractivity contribution >= 4 is 12.4 Å². The van der Waals surface area contributed by atoms with E-state index in [0.717, 1.165) is 19.3 Å². The van der Waals surface area contributed by atoms with Gasteiger partial charge in [0.25, 0.3) is 0 Å². The summed E-state index contributed by atoms with van der Waals surface area (Å²) in [5, 5.41) is 3.93. The molecule has 2 aromatic heterocycles. The van der Waals surface area contributed by atoms with Gasteiger partial charge in [-0.05, 0) is 30.9 Å². The maximum atomic E-state index is 6.12. The van der Waals surface area contributed by atoms with Gasteiger partial charge in [0, 0.05) is 12.5 Å². The van der Waals surface area contributed by atoms with Crippen molar-refractivity contribution in [1.82, 2.24) is 10.1 Å². The molecule has 2 unspecified atom stereocenters. The van der Waals surface area contributed by atoms with E-state index in [2.05, 4.69) is 10.1 Å².